The molecule has 0 aliphatic carbocycles. The normalized spacial score (nSPS) is 10.5. The molecule has 0 aliphatic heterocycles. The Labute approximate surface area is 164 Å². The molecule has 8 nitrogen and oxygen atoms in total. The number of carbonyl (C=O) groups is 3. The molecule has 2 amide bonds. The molecule has 1 atom stereocenters. The number of esters is 1. The van der Waals surface area contributed by atoms with E-state index in [9.17, 15) is 14.4 Å². The number of nitrogens with two attached hydrogens (primary N) is 1. The van der Waals surface area contributed by atoms with Crippen LogP contribution >= 0.6 is 12.4 Å². The topological polar surface area (TPSA) is 134 Å². The van der Waals surface area contributed by atoms with Crippen LogP contribution in [0.15, 0.2) is 24.3 Å². The van der Waals surface area contributed by atoms with Gasteiger partial charge in [-0.15, -0.1) is 24.8 Å². The zero-order valence-electron chi connectivity index (χ0n) is 14.9. The van der Waals surface area contributed by atoms with Gasteiger partial charge in [-0.2, -0.15) is 0 Å². The molecule has 27 heavy (non-hydrogen) atoms. The summed E-state index contributed by atoms with van der Waals surface area (Å²) in [6.45, 7) is 1.83. The van der Waals surface area contributed by atoms with Gasteiger partial charge in [-0.25, -0.2) is 4.79 Å². The van der Waals surface area contributed by atoms with E-state index >= 15 is 0 Å². The van der Waals surface area contributed by atoms with Crippen LogP contribution in [-0.4, -0.2) is 36.3 Å². The van der Waals surface area contributed by atoms with Gasteiger partial charge >= 0.3 is 5.97 Å². The molecule has 0 heterocycles. The number of carbonyl (C=O) groups excluding carboxylic acids is 3. The Kier molecular flexibility index (Phi) is 10.9. The molecule has 5 N–H and O–H groups in total. The van der Waals surface area contributed by atoms with Crippen molar-refractivity contribution in [2.24, 2.45) is 5.73 Å². The molecule has 0 aliphatic rings. The van der Waals surface area contributed by atoms with Crippen LogP contribution in [0, 0.1) is 17.8 Å². The van der Waals surface area contributed by atoms with Gasteiger partial charge in [0.25, 0.3) is 0 Å². The van der Waals surface area contributed by atoms with Gasteiger partial charge in [0.1, 0.15) is 11.9 Å². The standard InChI is InChI=1S/C18H22N4O4.ClH/c1-3-5-14(18(25)26-4-2)22-16(24)11-10-15(23)21-13-8-6-12(7-9-13)17(19)20;/h1,6-9,14H,4-5,10-11H2,2H3,(H3,19,20)(H,21,23)(H,22,24);1H. The minimum absolute atomic E-state index is 0. The quantitative estimate of drug-likeness (QED) is 0.216. The lowest BCUT2D eigenvalue weighted by atomic mass is 10.2. The number of amidine groups is 1. The number of hydrogen-bond acceptors (Lipinski definition) is 5. The van der Waals surface area contributed by atoms with Crippen molar-refractivity contribution in [2.75, 3.05) is 11.9 Å². The third-order valence-corrected chi connectivity index (χ3v) is 3.29. The first-order valence-corrected chi connectivity index (χ1v) is 8.01. The Morgan fingerprint density at radius 2 is 1.81 bits per heavy atom. The molecule has 0 spiro atoms. The minimum atomic E-state index is -0.922. The van der Waals surface area contributed by atoms with Crippen LogP contribution in [0.25, 0.3) is 0 Å². The van der Waals surface area contributed by atoms with Crippen LogP contribution < -0.4 is 16.4 Å². The maximum absolute atomic E-state index is 11.9. The van der Waals surface area contributed by atoms with E-state index in [2.05, 4.69) is 16.6 Å². The predicted octanol–water partition coefficient (Wildman–Crippen LogP) is 1.18. The van der Waals surface area contributed by atoms with Crippen molar-refractivity contribution in [2.45, 2.75) is 32.2 Å². The number of anilines is 1. The highest BCUT2D eigenvalue weighted by Gasteiger charge is 2.21. The van der Waals surface area contributed by atoms with E-state index in [1.54, 1.807) is 31.2 Å². The molecular formula is C18H23ClN4O4. The van der Waals surface area contributed by atoms with Crippen LogP contribution in [0.4, 0.5) is 5.69 Å². The minimum Gasteiger partial charge on any atom is -0.464 e. The maximum atomic E-state index is 11.9. The number of amides is 2. The Hall–Kier alpha value is -3.05. The van der Waals surface area contributed by atoms with Crippen LogP contribution in [-0.2, 0) is 19.1 Å². The molecule has 1 unspecified atom stereocenters. The lowest BCUT2D eigenvalue weighted by Gasteiger charge is -2.15. The van der Waals surface area contributed by atoms with Crippen molar-refractivity contribution in [1.82, 2.24) is 5.32 Å². The Morgan fingerprint density at radius 1 is 1.22 bits per heavy atom. The van der Waals surface area contributed by atoms with Crippen molar-refractivity contribution in [3.63, 3.8) is 0 Å². The molecule has 1 aromatic rings. The van der Waals surface area contributed by atoms with Crippen molar-refractivity contribution in [3.05, 3.63) is 29.8 Å². The molecule has 1 rings (SSSR count). The summed E-state index contributed by atoms with van der Waals surface area (Å²) in [6.07, 6.45) is 5.03. The number of benzene rings is 1. The molecule has 0 bridgehead atoms. The fourth-order valence-corrected chi connectivity index (χ4v) is 2.00. The molecular weight excluding hydrogens is 372 g/mol. The molecule has 146 valence electrons. The summed E-state index contributed by atoms with van der Waals surface area (Å²) in [5.41, 5.74) is 6.42. The Bertz CT molecular complexity index is 713. The lowest BCUT2D eigenvalue weighted by Crippen LogP contribution is -2.41. The zero-order valence-corrected chi connectivity index (χ0v) is 15.7. The van der Waals surface area contributed by atoms with E-state index < -0.39 is 17.9 Å². The molecule has 0 saturated heterocycles. The van der Waals surface area contributed by atoms with Gasteiger partial charge < -0.3 is 21.1 Å². The van der Waals surface area contributed by atoms with Crippen molar-refractivity contribution >= 4 is 41.7 Å². The number of hydrogen-bond donors (Lipinski definition) is 4. The van der Waals surface area contributed by atoms with E-state index in [1.165, 1.54) is 0 Å². The number of nitrogens with one attached hydrogen (secondary N) is 3. The lowest BCUT2D eigenvalue weighted by molar-refractivity contribution is -0.147. The largest absolute Gasteiger partial charge is 0.464 e. The van der Waals surface area contributed by atoms with Crippen LogP contribution in [0.5, 0.6) is 0 Å². The molecule has 0 saturated carbocycles. The zero-order chi connectivity index (χ0) is 19.5. The van der Waals surface area contributed by atoms with Gasteiger partial charge in [-0.1, -0.05) is 0 Å². The predicted molar refractivity (Wildman–Crippen MR) is 105 cm³/mol. The Morgan fingerprint density at radius 3 is 2.33 bits per heavy atom. The number of nitrogen functional groups attached to an aromatic ring is 1. The van der Waals surface area contributed by atoms with Crippen LogP contribution in [0.2, 0.25) is 0 Å². The molecule has 0 radical (unpaired) electrons. The third kappa shape index (κ3) is 8.74. The molecule has 1 aromatic carbocycles. The smallest absolute Gasteiger partial charge is 0.329 e. The van der Waals surface area contributed by atoms with Crippen LogP contribution in [0.1, 0.15) is 31.7 Å². The third-order valence-electron chi connectivity index (χ3n) is 3.29. The maximum Gasteiger partial charge on any atom is 0.329 e. The Balaban J connectivity index is 0.00000676. The van der Waals surface area contributed by atoms with E-state index in [1.807, 2.05) is 0 Å². The highest BCUT2D eigenvalue weighted by Crippen LogP contribution is 2.10. The number of halogens is 1. The summed E-state index contributed by atoms with van der Waals surface area (Å²) < 4.78 is 4.84. The summed E-state index contributed by atoms with van der Waals surface area (Å²) in [6, 6.07) is 5.51. The van der Waals surface area contributed by atoms with Gasteiger partial charge in [0.15, 0.2) is 0 Å². The first-order chi connectivity index (χ1) is 12.4. The first-order valence-electron chi connectivity index (χ1n) is 8.01. The highest BCUT2D eigenvalue weighted by molar-refractivity contribution is 5.97. The van der Waals surface area contributed by atoms with E-state index in [0.717, 1.165) is 0 Å². The van der Waals surface area contributed by atoms with Gasteiger partial charge in [-0.3, -0.25) is 15.0 Å². The van der Waals surface area contributed by atoms with E-state index in [0.29, 0.717) is 11.3 Å². The number of rotatable bonds is 9. The SMILES string of the molecule is C#CCC(NC(=O)CCC(=O)Nc1ccc(C(=N)N)cc1)C(=O)OCC.Cl. The highest BCUT2D eigenvalue weighted by atomic mass is 35.5. The fourth-order valence-electron chi connectivity index (χ4n) is 2.00. The van der Waals surface area contributed by atoms with Gasteiger partial charge in [0.2, 0.25) is 11.8 Å². The first kappa shape index (κ1) is 23.9. The molecule has 9 heteroatoms. The van der Waals surface area contributed by atoms with Gasteiger partial charge in [0.05, 0.1) is 6.61 Å². The fraction of sp³-hybridized carbons (Fsp3) is 0.333. The number of terminal acetylenes is 1. The van der Waals surface area contributed by atoms with Crippen LogP contribution in [0.3, 0.4) is 0 Å². The summed E-state index contributed by atoms with van der Waals surface area (Å²) >= 11 is 0. The van der Waals surface area contributed by atoms with Crippen molar-refractivity contribution in [3.8, 4) is 12.3 Å². The van der Waals surface area contributed by atoms with Gasteiger partial charge in [0, 0.05) is 30.5 Å². The second kappa shape index (κ2) is 12.3. The van der Waals surface area contributed by atoms with Gasteiger partial charge in [-0.05, 0) is 31.2 Å². The van der Waals surface area contributed by atoms with Crippen molar-refractivity contribution < 1.29 is 19.1 Å². The van der Waals surface area contributed by atoms with Crippen molar-refractivity contribution in [1.29, 1.82) is 5.41 Å². The summed E-state index contributed by atoms with van der Waals surface area (Å²) in [5.74, 6) is 0.801. The second-order valence-electron chi connectivity index (χ2n) is 5.32. The second-order valence-corrected chi connectivity index (χ2v) is 5.32. The monoisotopic (exact) mass is 394 g/mol. The van der Waals surface area contributed by atoms with E-state index in [4.69, 9.17) is 22.3 Å². The van der Waals surface area contributed by atoms with E-state index in [-0.39, 0.29) is 50.0 Å². The number of ether oxygens (including phenoxy) is 1. The average Bonchev–Trinajstić information content (AvgIpc) is 2.60. The average molecular weight is 395 g/mol. The molecule has 0 fully saturated rings. The molecule has 0 aromatic heterocycles. The summed E-state index contributed by atoms with van der Waals surface area (Å²) in [4.78, 5) is 35.5. The summed E-state index contributed by atoms with van der Waals surface area (Å²) in [7, 11) is 0. The summed E-state index contributed by atoms with van der Waals surface area (Å²) in [5, 5.41) is 12.4.